The lowest BCUT2D eigenvalue weighted by atomic mass is 10.1. The van der Waals surface area contributed by atoms with E-state index in [0.29, 0.717) is 38.5 Å². The van der Waals surface area contributed by atoms with Gasteiger partial charge in [-0.15, -0.1) is 0 Å². The smallest absolute Gasteiger partial charge is 0.241 e. The molecule has 1 aromatic carbocycles. The number of anilines is 1. The average molecular weight is 335 g/mol. The Bertz CT molecular complexity index is 583. The minimum atomic E-state index is -0.442. The summed E-state index contributed by atoms with van der Waals surface area (Å²) in [6.45, 7) is 8.42. The van der Waals surface area contributed by atoms with Crippen molar-refractivity contribution in [1.82, 2.24) is 9.80 Å². The van der Waals surface area contributed by atoms with Crippen LogP contribution < -0.4 is 5.32 Å². The zero-order valence-corrected chi connectivity index (χ0v) is 14.6. The molecule has 0 bridgehead atoms. The number of hydrogen-bond acceptors (Lipinski definition) is 3. The molecule has 1 fully saturated rings. The fraction of sp³-hybridized carbons (Fsp3) is 0.556. The van der Waals surface area contributed by atoms with Crippen LogP contribution in [-0.4, -0.2) is 53.8 Å². The molecule has 1 saturated heterocycles. The third kappa shape index (κ3) is 4.77. The zero-order valence-electron chi connectivity index (χ0n) is 14.6. The monoisotopic (exact) mass is 335 g/mol. The fourth-order valence-electron chi connectivity index (χ4n) is 2.80. The highest BCUT2D eigenvalue weighted by Gasteiger charge is 2.27. The molecule has 5 nitrogen and oxygen atoms in total. The molecule has 0 aromatic heterocycles. The van der Waals surface area contributed by atoms with Crippen molar-refractivity contribution in [3.8, 4) is 0 Å². The van der Waals surface area contributed by atoms with Crippen LogP contribution >= 0.6 is 0 Å². The van der Waals surface area contributed by atoms with Crippen LogP contribution in [0.25, 0.3) is 0 Å². The highest BCUT2D eigenvalue weighted by Crippen LogP contribution is 2.15. The van der Waals surface area contributed by atoms with E-state index in [4.69, 9.17) is 0 Å². The Morgan fingerprint density at radius 2 is 1.75 bits per heavy atom. The molecular formula is C18H26FN3O2. The van der Waals surface area contributed by atoms with Gasteiger partial charge in [-0.1, -0.05) is 26.0 Å². The Balaban J connectivity index is 1.86. The molecule has 0 saturated carbocycles. The van der Waals surface area contributed by atoms with E-state index in [1.807, 2.05) is 30.6 Å². The third-order valence-corrected chi connectivity index (χ3v) is 4.31. The number of rotatable bonds is 5. The van der Waals surface area contributed by atoms with Crippen molar-refractivity contribution in [2.75, 3.05) is 31.5 Å². The van der Waals surface area contributed by atoms with Gasteiger partial charge >= 0.3 is 0 Å². The maximum atomic E-state index is 13.6. The van der Waals surface area contributed by atoms with E-state index in [2.05, 4.69) is 5.32 Å². The summed E-state index contributed by atoms with van der Waals surface area (Å²) in [5.74, 6) is -0.154. The first-order valence-corrected chi connectivity index (χ1v) is 8.45. The van der Waals surface area contributed by atoms with Gasteiger partial charge in [0.1, 0.15) is 5.82 Å². The van der Waals surface area contributed by atoms with Gasteiger partial charge in [0.25, 0.3) is 0 Å². The van der Waals surface area contributed by atoms with Crippen LogP contribution in [0.4, 0.5) is 10.1 Å². The molecule has 1 aliphatic heterocycles. The summed E-state index contributed by atoms with van der Waals surface area (Å²) in [7, 11) is 0. The van der Waals surface area contributed by atoms with E-state index in [1.54, 1.807) is 18.2 Å². The molecule has 1 atom stereocenters. The van der Waals surface area contributed by atoms with Gasteiger partial charge in [-0.25, -0.2) is 4.39 Å². The van der Waals surface area contributed by atoms with Gasteiger partial charge < -0.3 is 10.2 Å². The lowest BCUT2D eigenvalue weighted by molar-refractivity contribution is -0.134. The van der Waals surface area contributed by atoms with Crippen molar-refractivity contribution >= 4 is 17.5 Å². The van der Waals surface area contributed by atoms with E-state index in [1.165, 1.54) is 6.07 Å². The summed E-state index contributed by atoms with van der Waals surface area (Å²) >= 11 is 0. The number of para-hydroxylation sites is 1. The summed E-state index contributed by atoms with van der Waals surface area (Å²) in [5.41, 5.74) is 0.195. The van der Waals surface area contributed by atoms with Gasteiger partial charge in [0.2, 0.25) is 11.8 Å². The molecule has 132 valence electrons. The first kappa shape index (κ1) is 18.4. The molecule has 6 heteroatoms. The quantitative estimate of drug-likeness (QED) is 0.899. The summed E-state index contributed by atoms with van der Waals surface area (Å²) in [5, 5.41) is 2.63. The Morgan fingerprint density at radius 3 is 2.33 bits per heavy atom. The van der Waals surface area contributed by atoms with Crippen LogP contribution in [0.5, 0.6) is 0 Å². The largest absolute Gasteiger partial charge is 0.340 e. The molecule has 24 heavy (non-hydrogen) atoms. The van der Waals surface area contributed by atoms with E-state index < -0.39 is 5.82 Å². The normalized spacial score (nSPS) is 17.0. The Morgan fingerprint density at radius 1 is 1.12 bits per heavy atom. The topological polar surface area (TPSA) is 52.7 Å². The van der Waals surface area contributed by atoms with Gasteiger partial charge in [0.15, 0.2) is 0 Å². The van der Waals surface area contributed by atoms with Crippen LogP contribution in [0, 0.1) is 11.7 Å². The number of nitrogens with zero attached hydrogens (tertiary/aromatic N) is 2. The molecular weight excluding hydrogens is 309 g/mol. The summed E-state index contributed by atoms with van der Waals surface area (Å²) in [6, 6.07) is 5.76. The molecule has 2 rings (SSSR count). The molecule has 1 aromatic rings. The number of carbonyl (C=O) groups excluding carboxylic acids is 2. The lowest BCUT2D eigenvalue weighted by Crippen LogP contribution is -2.54. The van der Waals surface area contributed by atoms with Crippen LogP contribution in [-0.2, 0) is 9.59 Å². The predicted octanol–water partition coefficient (Wildman–Crippen LogP) is 2.34. The second kappa shape index (κ2) is 8.24. The van der Waals surface area contributed by atoms with E-state index >= 15 is 0 Å². The van der Waals surface area contributed by atoms with Crippen molar-refractivity contribution in [3.05, 3.63) is 30.1 Å². The molecule has 2 amide bonds. The van der Waals surface area contributed by atoms with Gasteiger partial charge in [-0.2, -0.15) is 0 Å². The van der Waals surface area contributed by atoms with Gasteiger partial charge in [-0.05, 0) is 25.0 Å². The number of nitrogens with one attached hydrogen (secondary N) is 1. The van der Waals surface area contributed by atoms with Crippen molar-refractivity contribution in [2.24, 2.45) is 5.92 Å². The number of benzene rings is 1. The van der Waals surface area contributed by atoms with Crippen LogP contribution in [0.1, 0.15) is 27.2 Å². The SMILES string of the molecule is CC(C)CC(=O)N1CCN([C@@H](C)C(=O)Nc2ccccc2F)CC1. The molecule has 0 aliphatic carbocycles. The highest BCUT2D eigenvalue weighted by molar-refractivity contribution is 5.94. The maximum absolute atomic E-state index is 13.6. The third-order valence-electron chi connectivity index (χ3n) is 4.31. The number of carbonyl (C=O) groups is 2. The lowest BCUT2D eigenvalue weighted by Gasteiger charge is -2.37. The van der Waals surface area contributed by atoms with Gasteiger partial charge in [0.05, 0.1) is 11.7 Å². The highest BCUT2D eigenvalue weighted by atomic mass is 19.1. The van der Waals surface area contributed by atoms with Crippen LogP contribution in [0.15, 0.2) is 24.3 Å². The van der Waals surface area contributed by atoms with Gasteiger partial charge in [-0.3, -0.25) is 14.5 Å². The molecule has 0 unspecified atom stereocenters. The zero-order chi connectivity index (χ0) is 17.7. The van der Waals surface area contributed by atoms with Crippen molar-refractivity contribution in [1.29, 1.82) is 0 Å². The Kier molecular flexibility index (Phi) is 6.31. The van der Waals surface area contributed by atoms with E-state index in [0.717, 1.165) is 0 Å². The number of halogens is 1. The molecule has 1 heterocycles. The summed E-state index contributed by atoms with van der Waals surface area (Å²) in [6.07, 6.45) is 0.559. The fourth-order valence-corrected chi connectivity index (χ4v) is 2.80. The van der Waals surface area contributed by atoms with Gasteiger partial charge in [0, 0.05) is 32.6 Å². The van der Waals surface area contributed by atoms with Crippen LogP contribution in [0.3, 0.4) is 0 Å². The maximum Gasteiger partial charge on any atom is 0.241 e. The van der Waals surface area contributed by atoms with Crippen molar-refractivity contribution in [3.63, 3.8) is 0 Å². The minimum Gasteiger partial charge on any atom is -0.340 e. The Labute approximate surface area is 142 Å². The average Bonchev–Trinajstić information content (AvgIpc) is 2.55. The molecule has 1 aliphatic rings. The van der Waals surface area contributed by atoms with E-state index in [-0.39, 0.29) is 23.5 Å². The van der Waals surface area contributed by atoms with Crippen molar-refractivity contribution < 1.29 is 14.0 Å². The second-order valence-electron chi connectivity index (χ2n) is 6.66. The summed E-state index contributed by atoms with van der Waals surface area (Å²) in [4.78, 5) is 28.3. The minimum absolute atomic E-state index is 0.174. The number of hydrogen-bond donors (Lipinski definition) is 1. The Hall–Kier alpha value is -1.95. The van der Waals surface area contributed by atoms with E-state index in [9.17, 15) is 14.0 Å². The molecule has 0 spiro atoms. The number of piperazine rings is 1. The van der Waals surface area contributed by atoms with Crippen LogP contribution in [0.2, 0.25) is 0 Å². The molecule has 1 N–H and O–H groups in total. The first-order chi connectivity index (χ1) is 11.4. The second-order valence-corrected chi connectivity index (χ2v) is 6.66. The molecule has 0 radical (unpaired) electrons. The standard InChI is InChI=1S/C18H26FN3O2/c1-13(2)12-17(23)22-10-8-21(9-11-22)14(3)18(24)20-16-7-5-4-6-15(16)19/h4-7,13-14H,8-12H2,1-3H3,(H,20,24)/t14-/m0/s1. The predicted molar refractivity (Wildman–Crippen MR) is 92.1 cm³/mol. The number of amides is 2. The summed E-state index contributed by atoms with van der Waals surface area (Å²) < 4.78 is 13.6. The van der Waals surface area contributed by atoms with Crippen molar-refractivity contribution in [2.45, 2.75) is 33.2 Å². The first-order valence-electron chi connectivity index (χ1n) is 8.45.